The predicted octanol–water partition coefficient (Wildman–Crippen LogP) is 3.12. The van der Waals surface area contributed by atoms with Crippen molar-refractivity contribution in [3.63, 3.8) is 0 Å². The first-order valence-electron chi connectivity index (χ1n) is 8.34. The Morgan fingerprint density at radius 3 is 2.00 bits per heavy atom. The topological polar surface area (TPSA) is 40.6 Å². The van der Waals surface area contributed by atoms with Gasteiger partial charge in [0.05, 0.1) is 5.41 Å². The van der Waals surface area contributed by atoms with Gasteiger partial charge in [-0.3, -0.25) is 9.59 Å². The second-order valence-electron chi connectivity index (χ2n) is 6.85. The molecule has 2 fully saturated rings. The lowest BCUT2D eigenvalue weighted by Crippen LogP contribution is -2.52. The molecule has 2 amide bonds. The van der Waals surface area contributed by atoms with Crippen LogP contribution in [0.2, 0.25) is 0 Å². The quantitative estimate of drug-likeness (QED) is 0.769. The molecule has 3 rings (SSSR count). The predicted molar refractivity (Wildman–Crippen MR) is 95.5 cm³/mol. The van der Waals surface area contributed by atoms with E-state index in [9.17, 15) is 9.59 Å². The zero-order chi connectivity index (χ0) is 17.5. The molecule has 1 atom stereocenters. The van der Waals surface area contributed by atoms with Gasteiger partial charge in [0.15, 0.2) is 0 Å². The molecule has 1 saturated heterocycles. The van der Waals surface area contributed by atoms with Crippen molar-refractivity contribution >= 4 is 35.0 Å². The van der Waals surface area contributed by atoms with E-state index in [0.29, 0.717) is 38.2 Å². The lowest BCUT2D eigenvalue weighted by atomic mass is 10.1. The Morgan fingerprint density at radius 2 is 1.54 bits per heavy atom. The molecule has 1 saturated carbocycles. The van der Waals surface area contributed by atoms with Crippen LogP contribution in [0.4, 0.5) is 0 Å². The molecule has 0 aromatic heterocycles. The lowest BCUT2D eigenvalue weighted by Gasteiger charge is -2.36. The van der Waals surface area contributed by atoms with Crippen molar-refractivity contribution in [3.05, 3.63) is 35.4 Å². The van der Waals surface area contributed by atoms with E-state index < -0.39 is 9.75 Å². The van der Waals surface area contributed by atoms with E-state index in [2.05, 4.69) is 6.92 Å². The fourth-order valence-corrected chi connectivity index (χ4v) is 3.86. The fourth-order valence-electron chi connectivity index (χ4n) is 3.16. The van der Waals surface area contributed by atoms with Crippen molar-refractivity contribution in [1.29, 1.82) is 0 Å². The number of carbonyl (C=O) groups excluding carboxylic acids is 2. The normalized spacial score (nSPS) is 25.5. The maximum absolute atomic E-state index is 12.6. The molecular formula is C18H22Cl2N2O2. The van der Waals surface area contributed by atoms with Crippen molar-refractivity contribution < 1.29 is 9.59 Å². The summed E-state index contributed by atoms with van der Waals surface area (Å²) in [6.07, 6.45) is 1.45. The van der Waals surface area contributed by atoms with Gasteiger partial charge in [-0.2, -0.15) is 0 Å². The molecule has 1 aromatic rings. The van der Waals surface area contributed by atoms with Crippen molar-refractivity contribution in [1.82, 2.24) is 9.80 Å². The van der Waals surface area contributed by atoms with Crippen LogP contribution in [-0.4, -0.2) is 52.1 Å². The average Bonchev–Trinajstić information content (AvgIpc) is 3.13. The van der Waals surface area contributed by atoms with Crippen LogP contribution in [0.15, 0.2) is 24.3 Å². The highest BCUT2D eigenvalue weighted by atomic mass is 35.5. The van der Waals surface area contributed by atoms with Crippen LogP contribution in [-0.2, 0) is 11.2 Å². The van der Waals surface area contributed by atoms with Gasteiger partial charge < -0.3 is 9.80 Å². The first kappa shape index (κ1) is 17.6. The molecule has 0 radical (unpaired) electrons. The molecule has 0 unspecified atom stereocenters. The van der Waals surface area contributed by atoms with E-state index >= 15 is 0 Å². The molecule has 0 spiro atoms. The lowest BCUT2D eigenvalue weighted by molar-refractivity contribution is -0.137. The van der Waals surface area contributed by atoms with Gasteiger partial charge in [-0.15, -0.1) is 23.2 Å². The Hall–Kier alpha value is -1.26. The van der Waals surface area contributed by atoms with E-state index in [1.165, 1.54) is 5.56 Å². The maximum Gasteiger partial charge on any atom is 0.253 e. The molecule has 1 aromatic carbocycles. The minimum absolute atomic E-state index is 0.00750. The van der Waals surface area contributed by atoms with Crippen molar-refractivity contribution in [3.8, 4) is 0 Å². The molecule has 0 N–H and O–H groups in total. The molecule has 6 heteroatoms. The van der Waals surface area contributed by atoms with Crippen molar-refractivity contribution in [2.75, 3.05) is 26.2 Å². The first-order valence-corrected chi connectivity index (χ1v) is 9.09. The molecule has 130 valence electrons. The summed E-state index contributed by atoms with van der Waals surface area (Å²) in [5.74, 6) is 0.0123. The smallest absolute Gasteiger partial charge is 0.253 e. The molecule has 4 nitrogen and oxygen atoms in total. The minimum Gasteiger partial charge on any atom is -0.339 e. The van der Waals surface area contributed by atoms with E-state index in [4.69, 9.17) is 23.2 Å². The Bertz CT molecular complexity index is 651. The number of benzene rings is 1. The second-order valence-corrected chi connectivity index (χ2v) is 8.33. The summed E-state index contributed by atoms with van der Waals surface area (Å²) >= 11 is 12.2. The summed E-state index contributed by atoms with van der Waals surface area (Å²) in [7, 11) is 0. The summed E-state index contributed by atoms with van der Waals surface area (Å²) in [5.41, 5.74) is 1.23. The van der Waals surface area contributed by atoms with Crippen LogP contribution in [0.25, 0.3) is 0 Å². The van der Waals surface area contributed by atoms with E-state index in [1.807, 2.05) is 31.2 Å². The van der Waals surface area contributed by atoms with Gasteiger partial charge in [0.25, 0.3) is 5.91 Å². The van der Waals surface area contributed by atoms with Crippen molar-refractivity contribution in [2.45, 2.75) is 31.0 Å². The molecule has 1 heterocycles. The third kappa shape index (κ3) is 3.02. The molecular weight excluding hydrogens is 347 g/mol. The van der Waals surface area contributed by atoms with E-state index in [-0.39, 0.29) is 11.8 Å². The highest BCUT2D eigenvalue weighted by Gasteiger charge is 2.68. The minimum atomic E-state index is -0.946. The zero-order valence-corrected chi connectivity index (χ0v) is 15.5. The molecule has 24 heavy (non-hydrogen) atoms. The molecule has 1 aliphatic carbocycles. The number of hydrogen-bond donors (Lipinski definition) is 0. The largest absolute Gasteiger partial charge is 0.339 e. The van der Waals surface area contributed by atoms with Gasteiger partial charge >= 0.3 is 0 Å². The molecule has 1 aliphatic heterocycles. The number of piperazine rings is 1. The second kappa shape index (κ2) is 6.23. The number of hydrogen-bond acceptors (Lipinski definition) is 2. The van der Waals surface area contributed by atoms with Crippen LogP contribution in [0.3, 0.4) is 0 Å². The van der Waals surface area contributed by atoms with Gasteiger partial charge in [-0.25, -0.2) is 0 Å². The van der Waals surface area contributed by atoms with Crippen LogP contribution < -0.4 is 0 Å². The van der Waals surface area contributed by atoms with Gasteiger partial charge in [0.2, 0.25) is 5.91 Å². The number of nitrogens with zero attached hydrogens (tertiary/aromatic N) is 2. The SMILES string of the molecule is CCc1ccc(C(=O)N2CCN(C(=O)[C@@]3(C)CC3(Cl)Cl)CC2)cc1. The Morgan fingerprint density at radius 1 is 1.04 bits per heavy atom. The number of amides is 2. The summed E-state index contributed by atoms with van der Waals surface area (Å²) in [4.78, 5) is 28.7. The summed E-state index contributed by atoms with van der Waals surface area (Å²) < 4.78 is -0.946. The monoisotopic (exact) mass is 368 g/mol. The fraction of sp³-hybridized carbons (Fsp3) is 0.556. The van der Waals surface area contributed by atoms with Gasteiger partial charge in [-0.05, 0) is 37.5 Å². The van der Waals surface area contributed by atoms with Crippen LogP contribution in [0.5, 0.6) is 0 Å². The molecule has 0 bridgehead atoms. The van der Waals surface area contributed by atoms with Crippen LogP contribution in [0, 0.1) is 5.41 Å². The van der Waals surface area contributed by atoms with Crippen LogP contribution in [0.1, 0.15) is 36.2 Å². The Kier molecular flexibility index (Phi) is 4.56. The van der Waals surface area contributed by atoms with Gasteiger partial charge in [-0.1, -0.05) is 19.1 Å². The van der Waals surface area contributed by atoms with E-state index in [0.717, 1.165) is 6.42 Å². The van der Waals surface area contributed by atoms with Crippen molar-refractivity contribution in [2.24, 2.45) is 5.41 Å². The highest BCUT2D eigenvalue weighted by molar-refractivity contribution is 6.53. The first-order chi connectivity index (χ1) is 11.3. The van der Waals surface area contributed by atoms with Gasteiger partial charge in [0.1, 0.15) is 4.33 Å². The third-order valence-electron chi connectivity index (χ3n) is 5.19. The third-order valence-corrected chi connectivity index (χ3v) is 6.29. The zero-order valence-electron chi connectivity index (χ0n) is 14.0. The summed E-state index contributed by atoms with van der Waals surface area (Å²) in [6.45, 7) is 6.02. The van der Waals surface area contributed by atoms with E-state index in [1.54, 1.807) is 9.80 Å². The maximum atomic E-state index is 12.6. The highest BCUT2D eigenvalue weighted by Crippen LogP contribution is 2.64. The number of rotatable bonds is 3. The number of aryl methyl sites for hydroxylation is 1. The summed E-state index contributed by atoms with van der Waals surface area (Å²) in [6, 6.07) is 7.72. The Balaban J connectivity index is 1.58. The Labute approximate surface area is 152 Å². The number of halogens is 2. The standard InChI is InChI=1S/C18H22Cl2N2O2/c1-3-13-4-6-14(7-5-13)15(23)21-8-10-22(11-9-21)16(24)17(2)12-18(17,19)20/h4-7H,3,8-12H2,1-2H3/t17-/m1/s1. The van der Waals surface area contributed by atoms with Gasteiger partial charge in [0, 0.05) is 31.7 Å². The van der Waals surface area contributed by atoms with Crippen LogP contribution >= 0.6 is 23.2 Å². The number of carbonyl (C=O) groups is 2. The summed E-state index contributed by atoms with van der Waals surface area (Å²) in [5, 5.41) is 0. The number of alkyl halides is 2. The molecule has 2 aliphatic rings. The average molecular weight is 369 g/mol.